The highest BCUT2D eigenvalue weighted by Crippen LogP contribution is 2.43. The Bertz CT molecular complexity index is 803. The molecular formula is C39H75O8P. The summed E-state index contributed by atoms with van der Waals surface area (Å²) in [7, 11) is -4.27. The summed E-state index contributed by atoms with van der Waals surface area (Å²) in [5.74, 6) is -0.800. The van der Waals surface area contributed by atoms with Crippen LogP contribution in [0.2, 0.25) is 0 Å². The Hall–Kier alpha value is -1.21. The molecule has 48 heavy (non-hydrogen) atoms. The summed E-state index contributed by atoms with van der Waals surface area (Å²) in [5, 5.41) is 0. The number of rotatable bonds is 37. The number of ether oxygens (including phenoxy) is 2. The molecule has 0 aliphatic rings. The van der Waals surface area contributed by atoms with Gasteiger partial charge in [-0.2, -0.15) is 0 Å². The van der Waals surface area contributed by atoms with E-state index in [9.17, 15) is 19.0 Å². The lowest BCUT2D eigenvalue weighted by atomic mass is 10.0. The van der Waals surface area contributed by atoms with Crippen molar-refractivity contribution in [3.05, 3.63) is 12.2 Å². The number of hydrogen-bond donors (Lipinski definition) is 1. The first-order valence-electron chi connectivity index (χ1n) is 20.0. The molecule has 0 saturated carbocycles. The van der Waals surface area contributed by atoms with Crippen LogP contribution in [0.1, 0.15) is 201 Å². The number of phosphoric acid groups is 1. The third-order valence-electron chi connectivity index (χ3n) is 8.57. The standard InChI is InChI=1S/C39H75O8P/c1-4-7-9-11-13-15-17-19-20-21-22-24-26-28-30-32-34-39(41)47-37(36-46-48(42,43)45-6-3)35-44-38(40)33-31-29-27-25-23-18-16-14-12-10-8-5-2/h20-21,37H,4-19,22-36H2,1-3H3,(H,42,43)/b21-20-. The summed E-state index contributed by atoms with van der Waals surface area (Å²) in [6, 6.07) is 0. The van der Waals surface area contributed by atoms with Crippen molar-refractivity contribution in [2.75, 3.05) is 19.8 Å². The van der Waals surface area contributed by atoms with E-state index in [0.717, 1.165) is 51.4 Å². The van der Waals surface area contributed by atoms with E-state index in [2.05, 4.69) is 26.0 Å². The topological polar surface area (TPSA) is 108 Å². The van der Waals surface area contributed by atoms with E-state index in [0.29, 0.717) is 12.8 Å². The number of unbranched alkanes of at least 4 members (excludes halogenated alkanes) is 23. The maximum Gasteiger partial charge on any atom is 0.472 e. The fourth-order valence-electron chi connectivity index (χ4n) is 5.62. The first-order chi connectivity index (χ1) is 23.3. The Labute approximate surface area is 295 Å². The molecule has 0 rings (SSSR count). The Morgan fingerprint density at radius 2 is 0.938 bits per heavy atom. The van der Waals surface area contributed by atoms with Gasteiger partial charge in [0.2, 0.25) is 0 Å². The quantitative estimate of drug-likeness (QED) is 0.0295. The third kappa shape index (κ3) is 34.6. The molecule has 1 N–H and O–H groups in total. The van der Waals surface area contributed by atoms with Crippen molar-refractivity contribution in [2.24, 2.45) is 0 Å². The second kappa shape index (κ2) is 35.6. The summed E-state index contributed by atoms with van der Waals surface area (Å²) in [6.45, 7) is 5.47. The lowest BCUT2D eigenvalue weighted by molar-refractivity contribution is -0.161. The molecule has 0 heterocycles. The van der Waals surface area contributed by atoms with Crippen molar-refractivity contribution in [3.63, 3.8) is 0 Å². The van der Waals surface area contributed by atoms with Crippen molar-refractivity contribution in [3.8, 4) is 0 Å². The zero-order valence-corrected chi connectivity index (χ0v) is 32.3. The van der Waals surface area contributed by atoms with Gasteiger partial charge in [0.1, 0.15) is 6.61 Å². The summed E-state index contributed by atoms with van der Waals surface area (Å²) >= 11 is 0. The van der Waals surface area contributed by atoms with Crippen LogP contribution in [0, 0.1) is 0 Å². The van der Waals surface area contributed by atoms with Crippen molar-refractivity contribution in [1.29, 1.82) is 0 Å². The van der Waals surface area contributed by atoms with Crippen LogP contribution in [-0.4, -0.2) is 42.8 Å². The zero-order valence-electron chi connectivity index (χ0n) is 31.4. The van der Waals surface area contributed by atoms with Gasteiger partial charge >= 0.3 is 19.8 Å². The van der Waals surface area contributed by atoms with Crippen LogP contribution in [0.4, 0.5) is 0 Å². The van der Waals surface area contributed by atoms with E-state index < -0.39 is 26.5 Å². The molecule has 0 aromatic heterocycles. The normalized spacial score (nSPS) is 13.5. The van der Waals surface area contributed by atoms with Crippen LogP contribution in [0.15, 0.2) is 12.2 Å². The van der Waals surface area contributed by atoms with Gasteiger partial charge < -0.3 is 14.4 Å². The molecule has 0 aliphatic carbocycles. The third-order valence-corrected chi connectivity index (χ3v) is 9.63. The highest BCUT2D eigenvalue weighted by atomic mass is 31.2. The molecule has 0 bridgehead atoms. The molecule has 284 valence electrons. The minimum absolute atomic E-state index is 0.00179. The fourth-order valence-corrected chi connectivity index (χ4v) is 6.38. The number of esters is 2. The first-order valence-corrected chi connectivity index (χ1v) is 21.5. The van der Waals surface area contributed by atoms with Crippen LogP contribution in [0.5, 0.6) is 0 Å². The minimum Gasteiger partial charge on any atom is -0.462 e. The predicted molar refractivity (Wildman–Crippen MR) is 198 cm³/mol. The highest BCUT2D eigenvalue weighted by molar-refractivity contribution is 7.47. The monoisotopic (exact) mass is 703 g/mol. The van der Waals surface area contributed by atoms with Crippen molar-refractivity contribution in [1.82, 2.24) is 0 Å². The lowest BCUT2D eigenvalue weighted by Crippen LogP contribution is -2.29. The van der Waals surface area contributed by atoms with E-state index in [-0.39, 0.29) is 25.6 Å². The number of allylic oxidation sites excluding steroid dienone is 2. The fraction of sp³-hybridized carbons (Fsp3) is 0.897. The molecule has 2 unspecified atom stereocenters. The van der Waals surface area contributed by atoms with E-state index in [1.807, 2.05) is 0 Å². The molecule has 0 aromatic carbocycles. The Morgan fingerprint density at radius 1 is 0.542 bits per heavy atom. The van der Waals surface area contributed by atoms with Crippen LogP contribution in [-0.2, 0) is 32.7 Å². The Balaban J connectivity index is 4.12. The van der Waals surface area contributed by atoms with E-state index in [1.54, 1.807) is 6.92 Å². The summed E-state index contributed by atoms with van der Waals surface area (Å²) in [4.78, 5) is 34.6. The summed E-state index contributed by atoms with van der Waals surface area (Å²) in [5.41, 5.74) is 0. The maximum absolute atomic E-state index is 12.5. The van der Waals surface area contributed by atoms with Crippen molar-refractivity contribution in [2.45, 2.75) is 207 Å². The van der Waals surface area contributed by atoms with Gasteiger partial charge in [-0.1, -0.05) is 154 Å². The largest absolute Gasteiger partial charge is 0.472 e. The van der Waals surface area contributed by atoms with Gasteiger partial charge in [-0.3, -0.25) is 18.6 Å². The Morgan fingerprint density at radius 3 is 1.38 bits per heavy atom. The molecule has 0 aliphatic heterocycles. The first kappa shape index (κ1) is 46.8. The molecule has 9 heteroatoms. The molecule has 8 nitrogen and oxygen atoms in total. The lowest BCUT2D eigenvalue weighted by Gasteiger charge is -2.19. The van der Waals surface area contributed by atoms with E-state index >= 15 is 0 Å². The molecule has 0 fully saturated rings. The highest BCUT2D eigenvalue weighted by Gasteiger charge is 2.25. The van der Waals surface area contributed by atoms with E-state index in [1.165, 1.54) is 109 Å². The molecule has 0 radical (unpaired) electrons. The molecule has 0 aromatic rings. The van der Waals surface area contributed by atoms with Gasteiger partial charge in [-0.25, -0.2) is 4.57 Å². The number of hydrogen-bond acceptors (Lipinski definition) is 7. The van der Waals surface area contributed by atoms with Gasteiger partial charge in [0.05, 0.1) is 13.2 Å². The van der Waals surface area contributed by atoms with E-state index in [4.69, 9.17) is 18.5 Å². The molecule has 2 atom stereocenters. The molecule has 0 amide bonds. The minimum atomic E-state index is -4.27. The maximum atomic E-state index is 12.5. The van der Waals surface area contributed by atoms with Gasteiger partial charge in [-0.05, 0) is 45.4 Å². The van der Waals surface area contributed by atoms with Crippen LogP contribution in [0.3, 0.4) is 0 Å². The number of carbonyl (C=O) groups is 2. The zero-order chi connectivity index (χ0) is 35.4. The van der Waals surface area contributed by atoms with Gasteiger partial charge in [-0.15, -0.1) is 0 Å². The van der Waals surface area contributed by atoms with Gasteiger partial charge in [0.15, 0.2) is 6.10 Å². The van der Waals surface area contributed by atoms with Gasteiger partial charge in [0.25, 0.3) is 0 Å². The molecular weight excluding hydrogens is 627 g/mol. The predicted octanol–water partition coefficient (Wildman–Crippen LogP) is 12.1. The molecule has 0 saturated heterocycles. The average molecular weight is 703 g/mol. The van der Waals surface area contributed by atoms with Crippen LogP contribution < -0.4 is 0 Å². The van der Waals surface area contributed by atoms with Crippen LogP contribution >= 0.6 is 7.82 Å². The second-order valence-electron chi connectivity index (χ2n) is 13.3. The smallest absolute Gasteiger partial charge is 0.462 e. The average Bonchev–Trinajstić information content (AvgIpc) is 3.06. The second-order valence-corrected chi connectivity index (χ2v) is 14.8. The summed E-state index contributed by atoms with van der Waals surface area (Å²) < 4.78 is 32.5. The van der Waals surface area contributed by atoms with Crippen molar-refractivity contribution >= 4 is 19.8 Å². The summed E-state index contributed by atoms with van der Waals surface area (Å²) in [6.07, 6.45) is 35.4. The van der Waals surface area contributed by atoms with Crippen molar-refractivity contribution < 1.29 is 37.6 Å². The number of phosphoric ester groups is 1. The molecule has 0 spiro atoms. The SMILES string of the molecule is CCCCCCCCC/C=C\CCCCCCCC(=O)OC(COC(=O)CCCCCCCCCCCCCC)COP(=O)(O)OCC. The van der Waals surface area contributed by atoms with Gasteiger partial charge in [0, 0.05) is 12.8 Å². The number of carbonyl (C=O) groups excluding carboxylic acids is 2. The van der Waals surface area contributed by atoms with Crippen LogP contribution in [0.25, 0.3) is 0 Å². The Kier molecular flexibility index (Phi) is 34.7.